The van der Waals surface area contributed by atoms with Crippen molar-refractivity contribution in [2.24, 2.45) is 0 Å². The van der Waals surface area contributed by atoms with Gasteiger partial charge in [-0.3, -0.25) is 0 Å². The third kappa shape index (κ3) is 3.65. The molecule has 0 saturated heterocycles. The molecule has 10 rings (SSSR count). The van der Waals surface area contributed by atoms with Crippen molar-refractivity contribution < 1.29 is 8.83 Å². The molecule has 0 saturated carbocycles. The summed E-state index contributed by atoms with van der Waals surface area (Å²) in [4.78, 5) is 2.38. The van der Waals surface area contributed by atoms with Crippen molar-refractivity contribution >= 4 is 93.3 Å². The highest BCUT2D eigenvalue weighted by Crippen LogP contribution is 2.43. The van der Waals surface area contributed by atoms with Crippen LogP contribution in [0.2, 0.25) is 0 Å². The third-order valence-electron chi connectivity index (χ3n) is 9.20. The number of para-hydroxylation sites is 2. The summed E-state index contributed by atoms with van der Waals surface area (Å²) in [6.45, 7) is 0. The van der Waals surface area contributed by atoms with Gasteiger partial charge in [0, 0.05) is 38.3 Å². The molecule has 3 heteroatoms. The number of furan rings is 2. The topological polar surface area (TPSA) is 29.5 Å². The lowest BCUT2D eigenvalue weighted by Gasteiger charge is -2.27. The Hall–Kier alpha value is -6.06. The lowest BCUT2D eigenvalue weighted by molar-refractivity contribution is 0.668. The molecule has 0 aliphatic carbocycles. The monoisotopic (exact) mass is 575 g/mol. The van der Waals surface area contributed by atoms with Crippen molar-refractivity contribution in [3.63, 3.8) is 0 Å². The van der Waals surface area contributed by atoms with Crippen LogP contribution in [0, 0.1) is 0 Å². The summed E-state index contributed by atoms with van der Waals surface area (Å²) in [7, 11) is 0. The molecule has 45 heavy (non-hydrogen) atoms. The largest absolute Gasteiger partial charge is 0.456 e. The number of anilines is 3. The number of benzene rings is 8. The van der Waals surface area contributed by atoms with Gasteiger partial charge in [0.1, 0.15) is 22.3 Å². The van der Waals surface area contributed by atoms with Crippen LogP contribution in [0.15, 0.2) is 160 Å². The second-order valence-corrected chi connectivity index (χ2v) is 11.8. The van der Waals surface area contributed by atoms with E-state index in [2.05, 4.69) is 132 Å². The molecule has 0 N–H and O–H groups in total. The standard InChI is InChI=1S/C42H25NO2/c1-2-10-31-26(8-1)9-7-13-38(31)43(30-20-21-41-36(24-30)32-11-3-5-14-39(32)44-41)29-19-18-27-16-17-28-22-42-37(25-35(28)34(27)23-29)33-12-4-6-15-40(33)45-42/h1-25H. The molecule has 2 heterocycles. The van der Waals surface area contributed by atoms with Gasteiger partial charge in [-0.1, -0.05) is 91.0 Å². The van der Waals surface area contributed by atoms with Crippen LogP contribution in [0.4, 0.5) is 17.1 Å². The van der Waals surface area contributed by atoms with Crippen molar-refractivity contribution in [2.75, 3.05) is 4.90 Å². The van der Waals surface area contributed by atoms with E-state index in [-0.39, 0.29) is 0 Å². The molecule has 10 aromatic rings. The van der Waals surface area contributed by atoms with Crippen molar-refractivity contribution in [1.82, 2.24) is 0 Å². The summed E-state index contributed by atoms with van der Waals surface area (Å²) in [5.41, 5.74) is 6.91. The predicted molar refractivity (Wildman–Crippen MR) is 188 cm³/mol. The second kappa shape index (κ2) is 9.22. The first-order chi connectivity index (χ1) is 22.3. The van der Waals surface area contributed by atoms with E-state index < -0.39 is 0 Å². The number of rotatable bonds is 3. The molecular formula is C42H25NO2. The molecule has 0 spiro atoms. The van der Waals surface area contributed by atoms with E-state index in [0.29, 0.717) is 0 Å². The van der Waals surface area contributed by atoms with Crippen LogP contribution < -0.4 is 4.90 Å². The number of hydrogen-bond acceptors (Lipinski definition) is 3. The molecule has 0 radical (unpaired) electrons. The molecule has 0 amide bonds. The van der Waals surface area contributed by atoms with Crippen molar-refractivity contribution in [3.05, 3.63) is 152 Å². The van der Waals surface area contributed by atoms with E-state index >= 15 is 0 Å². The van der Waals surface area contributed by atoms with E-state index in [4.69, 9.17) is 8.83 Å². The zero-order valence-corrected chi connectivity index (χ0v) is 24.2. The summed E-state index contributed by atoms with van der Waals surface area (Å²) in [6.07, 6.45) is 0. The first-order valence-electron chi connectivity index (χ1n) is 15.3. The van der Waals surface area contributed by atoms with Gasteiger partial charge >= 0.3 is 0 Å². The first-order valence-corrected chi connectivity index (χ1v) is 15.3. The van der Waals surface area contributed by atoms with E-state index in [0.717, 1.165) is 66.3 Å². The summed E-state index contributed by atoms with van der Waals surface area (Å²) in [6, 6.07) is 53.9. The number of fused-ring (bicyclic) bond motifs is 10. The second-order valence-electron chi connectivity index (χ2n) is 11.8. The van der Waals surface area contributed by atoms with Crippen LogP contribution in [0.1, 0.15) is 0 Å². The van der Waals surface area contributed by atoms with E-state index in [1.165, 1.54) is 26.9 Å². The maximum Gasteiger partial charge on any atom is 0.136 e. The van der Waals surface area contributed by atoms with Crippen molar-refractivity contribution in [1.29, 1.82) is 0 Å². The molecule has 210 valence electrons. The number of nitrogens with zero attached hydrogens (tertiary/aromatic N) is 1. The summed E-state index contributed by atoms with van der Waals surface area (Å²) in [5.74, 6) is 0. The van der Waals surface area contributed by atoms with Crippen molar-refractivity contribution in [2.45, 2.75) is 0 Å². The van der Waals surface area contributed by atoms with E-state index in [9.17, 15) is 0 Å². The fourth-order valence-corrected chi connectivity index (χ4v) is 7.08. The Balaban J connectivity index is 1.26. The Morgan fingerprint density at radius 1 is 0.311 bits per heavy atom. The molecule has 2 aromatic heterocycles. The van der Waals surface area contributed by atoms with Crippen LogP contribution in [0.5, 0.6) is 0 Å². The smallest absolute Gasteiger partial charge is 0.136 e. The van der Waals surface area contributed by atoms with Crippen LogP contribution in [0.3, 0.4) is 0 Å². The minimum Gasteiger partial charge on any atom is -0.456 e. The maximum atomic E-state index is 6.23. The fourth-order valence-electron chi connectivity index (χ4n) is 7.08. The first kappa shape index (κ1) is 24.4. The van der Waals surface area contributed by atoms with Crippen LogP contribution >= 0.6 is 0 Å². The van der Waals surface area contributed by atoms with Gasteiger partial charge in [0.05, 0.1) is 5.69 Å². The van der Waals surface area contributed by atoms with E-state index in [1.54, 1.807) is 0 Å². The molecular weight excluding hydrogens is 550 g/mol. The fraction of sp³-hybridized carbons (Fsp3) is 0. The van der Waals surface area contributed by atoms with Crippen LogP contribution in [-0.2, 0) is 0 Å². The zero-order chi connectivity index (χ0) is 29.5. The summed E-state index contributed by atoms with van der Waals surface area (Å²) in [5, 5.41) is 11.7. The average molecular weight is 576 g/mol. The van der Waals surface area contributed by atoms with Gasteiger partial charge in [-0.2, -0.15) is 0 Å². The van der Waals surface area contributed by atoms with Gasteiger partial charge in [0.15, 0.2) is 0 Å². The number of hydrogen-bond donors (Lipinski definition) is 0. The minimum absolute atomic E-state index is 0.888. The molecule has 0 bridgehead atoms. The average Bonchev–Trinajstić information content (AvgIpc) is 3.65. The molecule has 0 atom stereocenters. The maximum absolute atomic E-state index is 6.23. The van der Waals surface area contributed by atoms with Crippen LogP contribution in [-0.4, -0.2) is 0 Å². The Morgan fingerprint density at radius 3 is 1.67 bits per heavy atom. The highest BCUT2D eigenvalue weighted by Gasteiger charge is 2.19. The quantitative estimate of drug-likeness (QED) is 0.196. The van der Waals surface area contributed by atoms with Gasteiger partial charge in [-0.05, 0) is 87.6 Å². The Labute approximate surface area is 258 Å². The van der Waals surface area contributed by atoms with Gasteiger partial charge in [-0.15, -0.1) is 0 Å². The molecule has 0 fully saturated rings. The minimum atomic E-state index is 0.888. The third-order valence-corrected chi connectivity index (χ3v) is 9.20. The van der Waals surface area contributed by atoms with Gasteiger partial charge in [0.25, 0.3) is 0 Å². The van der Waals surface area contributed by atoms with Gasteiger partial charge in [-0.25, -0.2) is 0 Å². The highest BCUT2D eigenvalue weighted by atomic mass is 16.3. The molecule has 3 nitrogen and oxygen atoms in total. The van der Waals surface area contributed by atoms with Gasteiger partial charge in [0.2, 0.25) is 0 Å². The molecule has 0 unspecified atom stereocenters. The predicted octanol–water partition coefficient (Wildman–Crippen LogP) is 12.4. The van der Waals surface area contributed by atoms with Crippen LogP contribution in [0.25, 0.3) is 76.2 Å². The molecule has 0 aliphatic heterocycles. The lowest BCUT2D eigenvalue weighted by atomic mass is 9.98. The summed E-state index contributed by atoms with van der Waals surface area (Å²) < 4.78 is 12.4. The highest BCUT2D eigenvalue weighted by molar-refractivity contribution is 6.17. The van der Waals surface area contributed by atoms with Crippen molar-refractivity contribution in [3.8, 4) is 0 Å². The Morgan fingerprint density at radius 2 is 0.844 bits per heavy atom. The molecule has 0 aliphatic rings. The Kier molecular flexibility index (Phi) is 5.00. The lowest BCUT2D eigenvalue weighted by Crippen LogP contribution is -2.10. The normalized spacial score (nSPS) is 12.0. The SMILES string of the molecule is c1ccc2c(N(c3ccc4ccc5cc6oc7ccccc7c6cc5c4c3)c3ccc4oc5ccccc5c4c3)cccc2c1. The summed E-state index contributed by atoms with van der Waals surface area (Å²) >= 11 is 0. The Bertz CT molecular complexity index is 2780. The zero-order valence-electron chi connectivity index (χ0n) is 24.2. The molecule has 8 aromatic carbocycles. The van der Waals surface area contributed by atoms with Gasteiger partial charge < -0.3 is 13.7 Å². The van der Waals surface area contributed by atoms with E-state index in [1.807, 2.05) is 24.3 Å².